The summed E-state index contributed by atoms with van der Waals surface area (Å²) < 4.78 is 14.2. The molecule has 2 saturated heterocycles. The summed E-state index contributed by atoms with van der Waals surface area (Å²) in [7, 11) is 0. The lowest BCUT2D eigenvalue weighted by Gasteiger charge is -2.40. The van der Waals surface area contributed by atoms with Crippen LogP contribution >= 0.6 is 0 Å². The van der Waals surface area contributed by atoms with Gasteiger partial charge in [-0.05, 0) is 57.1 Å². The number of piperidine rings is 1. The van der Waals surface area contributed by atoms with Gasteiger partial charge in [0.15, 0.2) is 5.69 Å². The number of aliphatic hydroxyl groups is 1. The molecule has 1 aromatic rings. The number of carbonyl (C=O) groups excluding carboxylic acids is 1. The van der Waals surface area contributed by atoms with E-state index in [1.54, 1.807) is 6.07 Å². The molecular weight excluding hydrogens is 345 g/mol. The van der Waals surface area contributed by atoms with Crippen LogP contribution < -0.4 is 4.90 Å². The number of aliphatic hydroxyl groups excluding tert-OH is 1. The molecule has 2 heterocycles. The van der Waals surface area contributed by atoms with Crippen LogP contribution in [0, 0.1) is 17.8 Å². The Labute approximate surface area is 159 Å². The third kappa shape index (κ3) is 3.29. The van der Waals surface area contributed by atoms with Crippen molar-refractivity contribution >= 4 is 17.3 Å². The van der Waals surface area contributed by atoms with Gasteiger partial charge in [-0.25, -0.2) is 9.24 Å². The maximum atomic E-state index is 14.2. The molecule has 0 atom stereocenters. The molecule has 1 amide bonds. The van der Waals surface area contributed by atoms with Crippen LogP contribution in [0.5, 0.6) is 0 Å². The average Bonchev–Trinajstić information content (AvgIpc) is 3.00. The summed E-state index contributed by atoms with van der Waals surface area (Å²) in [6.45, 7) is 9.22. The number of hydrogen-bond acceptors (Lipinski definition) is 3. The predicted molar refractivity (Wildman–Crippen MR) is 101 cm³/mol. The van der Waals surface area contributed by atoms with E-state index >= 15 is 0 Å². The molecule has 3 fully saturated rings. The largest absolute Gasteiger partial charge is 0.393 e. The van der Waals surface area contributed by atoms with Crippen molar-refractivity contribution in [1.29, 1.82) is 0 Å². The number of rotatable bonds is 2. The molecule has 6 heteroatoms. The van der Waals surface area contributed by atoms with Crippen molar-refractivity contribution in [1.82, 2.24) is 4.90 Å². The standard InChI is InChI=1S/C21H26FN3O2/c1-23-15-2-7-18(22)19(14-15)24-11-8-21(9-12-24)10-13-25(20(21)27)16-3-5-17(26)6-4-16/h2,7,14,16-17,26H,3-6,8-13H2/t16-,17+. The summed E-state index contributed by atoms with van der Waals surface area (Å²) in [6, 6.07) is 4.73. The first kappa shape index (κ1) is 18.2. The van der Waals surface area contributed by atoms with Gasteiger partial charge >= 0.3 is 0 Å². The van der Waals surface area contributed by atoms with E-state index in [0.29, 0.717) is 24.5 Å². The highest BCUT2D eigenvalue weighted by atomic mass is 19.1. The summed E-state index contributed by atoms with van der Waals surface area (Å²) in [5.74, 6) is -0.0441. The van der Waals surface area contributed by atoms with Gasteiger partial charge in [-0.3, -0.25) is 4.79 Å². The lowest BCUT2D eigenvalue weighted by Crippen LogP contribution is -2.47. The summed E-state index contributed by atoms with van der Waals surface area (Å²) >= 11 is 0. The van der Waals surface area contributed by atoms with Crippen molar-refractivity contribution < 1.29 is 14.3 Å². The van der Waals surface area contributed by atoms with Crippen LogP contribution in [0.15, 0.2) is 18.2 Å². The number of hydrogen-bond donors (Lipinski definition) is 1. The fraction of sp³-hybridized carbons (Fsp3) is 0.619. The molecule has 1 saturated carbocycles. The van der Waals surface area contributed by atoms with Crippen LogP contribution in [-0.4, -0.2) is 47.7 Å². The topological polar surface area (TPSA) is 48.1 Å². The minimum atomic E-state index is -0.307. The Morgan fingerprint density at radius 3 is 2.44 bits per heavy atom. The number of benzene rings is 1. The van der Waals surface area contributed by atoms with Gasteiger partial charge in [-0.2, -0.15) is 0 Å². The van der Waals surface area contributed by atoms with Crippen LogP contribution in [0.2, 0.25) is 0 Å². The predicted octanol–water partition coefficient (Wildman–Crippen LogP) is 3.50. The highest BCUT2D eigenvalue weighted by Gasteiger charge is 2.50. The van der Waals surface area contributed by atoms with Crippen LogP contribution in [-0.2, 0) is 4.79 Å². The zero-order chi connectivity index (χ0) is 19.0. The van der Waals surface area contributed by atoms with Crippen molar-refractivity contribution in [3.63, 3.8) is 0 Å². The molecule has 1 aromatic carbocycles. The van der Waals surface area contributed by atoms with E-state index in [4.69, 9.17) is 6.57 Å². The SMILES string of the molecule is [C-]#[N+]c1ccc(F)c(N2CCC3(CC2)CCN([C@H]2CC[C@@H](O)CC2)C3=O)c1. The zero-order valence-electron chi connectivity index (χ0n) is 15.5. The number of nitrogens with zero attached hydrogens (tertiary/aromatic N) is 3. The quantitative estimate of drug-likeness (QED) is 0.810. The normalized spacial score (nSPS) is 27.8. The minimum Gasteiger partial charge on any atom is -0.393 e. The molecule has 144 valence electrons. The van der Waals surface area contributed by atoms with E-state index < -0.39 is 0 Å². The van der Waals surface area contributed by atoms with Crippen molar-refractivity contribution in [3.05, 3.63) is 35.4 Å². The summed E-state index contributed by atoms with van der Waals surface area (Å²) in [6.07, 6.45) is 5.49. The van der Waals surface area contributed by atoms with Gasteiger partial charge in [0.25, 0.3) is 0 Å². The van der Waals surface area contributed by atoms with Gasteiger partial charge in [-0.15, -0.1) is 0 Å². The maximum Gasteiger partial charge on any atom is 0.229 e. The molecule has 4 rings (SSSR count). The molecule has 0 bridgehead atoms. The van der Waals surface area contributed by atoms with Gasteiger partial charge in [0.2, 0.25) is 5.91 Å². The minimum absolute atomic E-state index is 0.211. The fourth-order valence-corrected chi connectivity index (χ4v) is 5.02. The van der Waals surface area contributed by atoms with Crippen molar-refractivity contribution in [2.45, 2.75) is 57.1 Å². The third-order valence-corrected chi connectivity index (χ3v) is 6.77. The molecule has 0 aromatic heterocycles. The Bertz CT molecular complexity index is 759. The molecule has 1 spiro atoms. The first-order valence-corrected chi connectivity index (χ1v) is 9.93. The molecule has 0 unspecified atom stereocenters. The van der Waals surface area contributed by atoms with Gasteiger partial charge in [-0.1, -0.05) is 6.07 Å². The van der Waals surface area contributed by atoms with E-state index in [-0.39, 0.29) is 29.3 Å². The number of amides is 1. The monoisotopic (exact) mass is 371 g/mol. The van der Waals surface area contributed by atoms with Crippen LogP contribution in [0.25, 0.3) is 4.85 Å². The molecule has 5 nitrogen and oxygen atoms in total. The molecule has 3 aliphatic rings. The van der Waals surface area contributed by atoms with E-state index in [9.17, 15) is 14.3 Å². The van der Waals surface area contributed by atoms with Gasteiger partial charge in [0.1, 0.15) is 5.82 Å². The lowest BCUT2D eigenvalue weighted by molar-refractivity contribution is -0.139. The van der Waals surface area contributed by atoms with E-state index in [1.807, 2.05) is 4.90 Å². The molecular formula is C21H26FN3O2. The highest BCUT2D eigenvalue weighted by molar-refractivity contribution is 5.85. The first-order valence-electron chi connectivity index (χ1n) is 9.93. The highest BCUT2D eigenvalue weighted by Crippen LogP contribution is 2.44. The molecule has 1 aliphatic carbocycles. The number of anilines is 1. The smallest absolute Gasteiger partial charge is 0.229 e. The zero-order valence-corrected chi connectivity index (χ0v) is 15.5. The Balaban J connectivity index is 1.43. The van der Waals surface area contributed by atoms with Gasteiger partial charge < -0.3 is 14.9 Å². The van der Waals surface area contributed by atoms with Crippen molar-refractivity contribution in [2.24, 2.45) is 5.41 Å². The summed E-state index contributed by atoms with van der Waals surface area (Å²) in [4.78, 5) is 20.6. The average molecular weight is 371 g/mol. The Morgan fingerprint density at radius 1 is 1.11 bits per heavy atom. The Morgan fingerprint density at radius 2 is 1.78 bits per heavy atom. The van der Waals surface area contributed by atoms with Crippen LogP contribution in [0.3, 0.4) is 0 Å². The van der Waals surface area contributed by atoms with Gasteiger partial charge in [0.05, 0.1) is 23.8 Å². The second kappa shape index (κ2) is 7.12. The Kier molecular flexibility index (Phi) is 4.81. The van der Waals surface area contributed by atoms with Crippen LogP contribution in [0.4, 0.5) is 15.8 Å². The Hall–Kier alpha value is -2.13. The molecule has 2 aliphatic heterocycles. The number of halogens is 1. The lowest BCUT2D eigenvalue weighted by atomic mass is 9.77. The number of likely N-dealkylation sites (tertiary alicyclic amines) is 1. The molecule has 27 heavy (non-hydrogen) atoms. The van der Waals surface area contributed by atoms with Gasteiger partial charge in [0, 0.05) is 25.7 Å². The molecule has 0 radical (unpaired) electrons. The van der Waals surface area contributed by atoms with E-state index in [1.165, 1.54) is 12.1 Å². The summed E-state index contributed by atoms with van der Waals surface area (Å²) in [5, 5.41) is 9.72. The summed E-state index contributed by atoms with van der Waals surface area (Å²) in [5.41, 5.74) is 0.608. The van der Waals surface area contributed by atoms with Crippen molar-refractivity contribution in [3.8, 4) is 0 Å². The second-order valence-electron chi connectivity index (χ2n) is 8.23. The second-order valence-corrected chi connectivity index (χ2v) is 8.23. The maximum absolute atomic E-state index is 14.2. The first-order chi connectivity index (χ1) is 13.0. The third-order valence-electron chi connectivity index (χ3n) is 6.77. The molecule has 1 N–H and O–H groups in total. The van der Waals surface area contributed by atoms with Crippen LogP contribution in [0.1, 0.15) is 44.9 Å². The fourth-order valence-electron chi connectivity index (χ4n) is 5.02. The number of carbonyl (C=O) groups is 1. The van der Waals surface area contributed by atoms with Crippen molar-refractivity contribution in [2.75, 3.05) is 24.5 Å². The van der Waals surface area contributed by atoms with E-state index in [0.717, 1.165) is 51.5 Å². The van der Waals surface area contributed by atoms with E-state index in [2.05, 4.69) is 9.74 Å².